The number of aryl methyl sites for hydroxylation is 3. The fraction of sp³-hybridized carbons (Fsp3) is 0.440. The van der Waals surface area contributed by atoms with Crippen molar-refractivity contribution in [3.05, 3.63) is 64.4 Å². The fourth-order valence-electron chi connectivity index (χ4n) is 4.68. The maximum absolute atomic E-state index is 13.4. The molecule has 172 valence electrons. The van der Waals surface area contributed by atoms with Gasteiger partial charge in [-0.1, -0.05) is 12.5 Å². The Hall–Kier alpha value is -3.26. The minimum absolute atomic E-state index is 0.0159. The fourth-order valence-corrected chi connectivity index (χ4v) is 4.68. The van der Waals surface area contributed by atoms with Gasteiger partial charge in [0.2, 0.25) is 0 Å². The summed E-state index contributed by atoms with van der Waals surface area (Å²) < 4.78 is 6.05. The molecule has 1 aliphatic carbocycles. The molecule has 0 saturated carbocycles. The van der Waals surface area contributed by atoms with Crippen LogP contribution in [-0.4, -0.2) is 50.7 Å². The number of carbonyl (C=O) groups is 1. The molecular weight excluding hydrogens is 416 g/mol. The van der Waals surface area contributed by atoms with Crippen LogP contribution in [0.3, 0.4) is 0 Å². The number of morpholine rings is 1. The number of fused-ring (bicyclic) bond motifs is 1. The summed E-state index contributed by atoms with van der Waals surface area (Å²) in [4.78, 5) is 24.4. The number of aromatic nitrogens is 4. The first kappa shape index (κ1) is 21.6. The largest absolute Gasteiger partial charge is 0.368 e. The van der Waals surface area contributed by atoms with Gasteiger partial charge in [-0.25, -0.2) is 4.98 Å². The Balaban J connectivity index is 1.35. The first-order valence-electron chi connectivity index (χ1n) is 11.7. The minimum Gasteiger partial charge on any atom is -0.368 e. The molecular formula is C25H30N6O2. The van der Waals surface area contributed by atoms with Crippen molar-refractivity contribution in [2.75, 3.05) is 25.0 Å². The summed E-state index contributed by atoms with van der Waals surface area (Å²) in [5, 5.41) is 10.9. The Kier molecular flexibility index (Phi) is 6.09. The minimum atomic E-state index is -0.287. The third kappa shape index (κ3) is 4.61. The number of pyridine rings is 2. The molecule has 0 unspecified atom stereocenters. The van der Waals surface area contributed by atoms with Gasteiger partial charge in [0.05, 0.1) is 18.8 Å². The lowest BCUT2D eigenvalue weighted by Crippen LogP contribution is -2.43. The van der Waals surface area contributed by atoms with Crippen LogP contribution < -0.4 is 5.32 Å². The number of aromatic amines is 1. The lowest BCUT2D eigenvalue weighted by molar-refractivity contribution is -0.0249. The molecule has 0 bridgehead atoms. The SMILES string of the molecule is Cc1cc(Nc2ncccc2C)cc([C@@H]2CN(C(=O)c3n[nH]c4c3CCCCC4)CCO2)n1. The quantitative estimate of drug-likeness (QED) is 0.587. The van der Waals surface area contributed by atoms with Gasteiger partial charge in [0.15, 0.2) is 5.69 Å². The third-order valence-electron chi connectivity index (χ3n) is 6.44. The number of H-pyrrole nitrogens is 1. The summed E-state index contributed by atoms with van der Waals surface area (Å²) in [5.41, 5.74) is 6.48. The average molecular weight is 447 g/mol. The van der Waals surface area contributed by atoms with Gasteiger partial charge < -0.3 is 15.0 Å². The van der Waals surface area contributed by atoms with E-state index >= 15 is 0 Å². The molecule has 1 saturated heterocycles. The Morgan fingerprint density at radius 3 is 2.97 bits per heavy atom. The molecule has 1 atom stereocenters. The molecule has 5 rings (SSSR count). The molecule has 2 aliphatic rings. The van der Waals surface area contributed by atoms with Crippen LogP contribution in [0.1, 0.15) is 64.1 Å². The van der Waals surface area contributed by atoms with Gasteiger partial charge in [-0.2, -0.15) is 5.10 Å². The van der Waals surface area contributed by atoms with E-state index in [4.69, 9.17) is 9.72 Å². The molecule has 8 nitrogen and oxygen atoms in total. The van der Waals surface area contributed by atoms with E-state index < -0.39 is 0 Å². The van der Waals surface area contributed by atoms with Crippen molar-refractivity contribution in [1.82, 2.24) is 25.1 Å². The van der Waals surface area contributed by atoms with E-state index in [1.807, 2.05) is 43.0 Å². The second-order valence-corrected chi connectivity index (χ2v) is 8.92. The molecule has 1 aliphatic heterocycles. The van der Waals surface area contributed by atoms with Gasteiger partial charge >= 0.3 is 0 Å². The van der Waals surface area contributed by atoms with Crippen molar-refractivity contribution in [2.24, 2.45) is 0 Å². The van der Waals surface area contributed by atoms with E-state index in [1.165, 1.54) is 6.42 Å². The molecule has 0 spiro atoms. The van der Waals surface area contributed by atoms with Gasteiger partial charge in [-0.05, 0) is 63.3 Å². The molecule has 1 amide bonds. The molecule has 1 fully saturated rings. The van der Waals surface area contributed by atoms with Crippen LogP contribution in [0, 0.1) is 13.8 Å². The van der Waals surface area contributed by atoms with Crippen LogP contribution in [0.5, 0.6) is 0 Å². The maximum atomic E-state index is 13.4. The summed E-state index contributed by atoms with van der Waals surface area (Å²) in [6, 6.07) is 7.92. The second-order valence-electron chi connectivity index (χ2n) is 8.92. The summed E-state index contributed by atoms with van der Waals surface area (Å²) in [6.07, 6.45) is 6.83. The number of rotatable bonds is 4. The standard InChI is InChI=1S/C25H30N6O2/c1-16-7-6-10-26-24(16)28-18-13-17(2)27-21(14-18)22-15-31(11-12-33-22)25(32)23-19-8-4-3-5-9-20(19)29-30-23/h6-7,10,13-14,22H,3-5,8-9,11-12,15H2,1-2H3,(H,29,30)(H,26,27,28)/t22-/m0/s1. The highest BCUT2D eigenvalue weighted by Gasteiger charge is 2.31. The number of hydrogen-bond donors (Lipinski definition) is 2. The second kappa shape index (κ2) is 9.31. The van der Waals surface area contributed by atoms with Crippen molar-refractivity contribution >= 4 is 17.4 Å². The molecule has 8 heteroatoms. The normalized spacial score (nSPS) is 18.5. The number of hydrogen-bond acceptors (Lipinski definition) is 6. The molecule has 4 heterocycles. The Morgan fingerprint density at radius 2 is 2.09 bits per heavy atom. The summed E-state index contributed by atoms with van der Waals surface area (Å²) in [5.74, 6) is 0.799. The lowest BCUT2D eigenvalue weighted by Gasteiger charge is -2.32. The van der Waals surface area contributed by atoms with E-state index in [9.17, 15) is 4.79 Å². The Labute approximate surface area is 193 Å². The Bertz CT molecular complexity index is 1160. The van der Waals surface area contributed by atoms with Crippen LogP contribution in [0.4, 0.5) is 11.5 Å². The number of amides is 1. The van der Waals surface area contributed by atoms with Crippen LogP contribution in [-0.2, 0) is 17.6 Å². The molecule has 2 N–H and O–H groups in total. The third-order valence-corrected chi connectivity index (χ3v) is 6.44. The molecule has 3 aromatic rings. The van der Waals surface area contributed by atoms with Gasteiger partial charge in [0.1, 0.15) is 11.9 Å². The topological polar surface area (TPSA) is 96.0 Å². The molecule has 0 aromatic carbocycles. The zero-order valence-electron chi connectivity index (χ0n) is 19.2. The molecule has 3 aromatic heterocycles. The summed E-state index contributed by atoms with van der Waals surface area (Å²) >= 11 is 0. The van der Waals surface area contributed by atoms with Gasteiger partial charge in [0, 0.05) is 35.4 Å². The van der Waals surface area contributed by atoms with Gasteiger partial charge in [0.25, 0.3) is 5.91 Å². The highest BCUT2D eigenvalue weighted by atomic mass is 16.5. The van der Waals surface area contributed by atoms with Crippen molar-refractivity contribution in [1.29, 1.82) is 0 Å². The van der Waals surface area contributed by atoms with Gasteiger partial charge in [-0.3, -0.25) is 14.9 Å². The van der Waals surface area contributed by atoms with E-state index in [0.717, 1.165) is 65.4 Å². The highest BCUT2D eigenvalue weighted by Crippen LogP contribution is 2.28. The smallest absolute Gasteiger partial charge is 0.274 e. The van der Waals surface area contributed by atoms with Crippen molar-refractivity contribution in [3.63, 3.8) is 0 Å². The number of carbonyl (C=O) groups excluding carboxylic acids is 1. The zero-order valence-corrected chi connectivity index (χ0v) is 19.2. The monoisotopic (exact) mass is 446 g/mol. The number of ether oxygens (including phenoxy) is 1. The first-order chi connectivity index (χ1) is 16.1. The average Bonchev–Trinajstić information content (AvgIpc) is 3.07. The van der Waals surface area contributed by atoms with Crippen LogP contribution in [0.15, 0.2) is 30.5 Å². The van der Waals surface area contributed by atoms with Crippen LogP contribution >= 0.6 is 0 Å². The number of nitrogens with zero attached hydrogens (tertiary/aromatic N) is 4. The summed E-state index contributed by atoms with van der Waals surface area (Å²) in [7, 11) is 0. The zero-order chi connectivity index (χ0) is 22.8. The van der Waals surface area contributed by atoms with Crippen molar-refractivity contribution in [2.45, 2.75) is 52.1 Å². The van der Waals surface area contributed by atoms with E-state index in [-0.39, 0.29) is 12.0 Å². The maximum Gasteiger partial charge on any atom is 0.274 e. The van der Waals surface area contributed by atoms with Gasteiger partial charge in [-0.15, -0.1) is 0 Å². The Morgan fingerprint density at radius 1 is 1.21 bits per heavy atom. The van der Waals surface area contributed by atoms with E-state index in [0.29, 0.717) is 25.4 Å². The first-order valence-corrected chi connectivity index (χ1v) is 11.7. The number of anilines is 2. The van der Waals surface area contributed by atoms with E-state index in [2.05, 4.69) is 20.5 Å². The molecule has 0 radical (unpaired) electrons. The van der Waals surface area contributed by atoms with Crippen molar-refractivity contribution < 1.29 is 9.53 Å². The predicted octanol–water partition coefficient (Wildman–Crippen LogP) is 4.04. The van der Waals surface area contributed by atoms with Crippen LogP contribution in [0.25, 0.3) is 0 Å². The van der Waals surface area contributed by atoms with E-state index in [1.54, 1.807) is 6.20 Å². The van der Waals surface area contributed by atoms with Crippen LogP contribution in [0.2, 0.25) is 0 Å². The number of nitrogens with one attached hydrogen (secondary N) is 2. The predicted molar refractivity (Wildman–Crippen MR) is 126 cm³/mol. The molecule has 33 heavy (non-hydrogen) atoms. The summed E-state index contributed by atoms with van der Waals surface area (Å²) in [6.45, 7) is 5.47. The highest BCUT2D eigenvalue weighted by molar-refractivity contribution is 5.94. The van der Waals surface area contributed by atoms with Crippen molar-refractivity contribution in [3.8, 4) is 0 Å². The lowest BCUT2D eigenvalue weighted by atomic mass is 10.1.